The molecule has 0 aliphatic carbocycles. The van der Waals surface area contributed by atoms with E-state index in [1.165, 1.54) is 12.8 Å². The minimum absolute atomic E-state index is 0.744. The van der Waals surface area contributed by atoms with E-state index in [2.05, 4.69) is 29.4 Å². The summed E-state index contributed by atoms with van der Waals surface area (Å²) in [5.74, 6) is 1.86. The van der Waals surface area contributed by atoms with Crippen LogP contribution in [0, 0.1) is 5.92 Å². The van der Waals surface area contributed by atoms with Crippen LogP contribution in [0.5, 0.6) is 0 Å². The lowest BCUT2D eigenvalue weighted by molar-refractivity contribution is 0.541. The molecular weight excluding hydrogens is 220 g/mol. The van der Waals surface area contributed by atoms with Crippen LogP contribution >= 0.6 is 11.8 Å². The molecule has 1 rings (SSSR count). The summed E-state index contributed by atoms with van der Waals surface area (Å²) < 4.78 is 1.96. The predicted octanol–water partition coefficient (Wildman–Crippen LogP) is 1.93. The van der Waals surface area contributed by atoms with Gasteiger partial charge in [0, 0.05) is 12.8 Å². The van der Waals surface area contributed by atoms with Gasteiger partial charge >= 0.3 is 0 Å². The lowest BCUT2D eigenvalue weighted by Gasteiger charge is -2.06. The molecule has 0 unspecified atom stereocenters. The highest BCUT2D eigenvalue weighted by molar-refractivity contribution is 7.99. The third kappa shape index (κ3) is 5.51. The fourth-order valence-electron chi connectivity index (χ4n) is 1.31. The molecular formula is C11H22N4S. The maximum Gasteiger partial charge on any atom is 0.190 e. The van der Waals surface area contributed by atoms with Crippen LogP contribution in [-0.2, 0) is 7.05 Å². The van der Waals surface area contributed by atoms with Crippen molar-refractivity contribution >= 4 is 11.8 Å². The van der Waals surface area contributed by atoms with Crippen LogP contribution in [-0.4, -0.2) is 33.6 Å². The Hall–Kier alpha value is -0.550. The van der Waals surface area contributed by atoms with Crippen molar-refractivity contribution < 1.29 is 0 Å². The first-order valence-electron chi connectivity index (χ1n) is 5.87. The second-order valence-electron chi connectivity index (χ2n) is 4.38. The minimum Gasteiger partial charge on any atom is -0.316 e. The van der Waals surface area contributed by atoms with Gasteiger partial charge in [-0.2, -0.15) is 0 Å². The monoisotopic (exact) mass is 242 g/mol. The third-order valence-corrected chi connectivity index (χ3v) is 3.32. The first-order chi connectivity index (χ1) is 7.70. The van der Waals surface area contributed by atoms with E-state index in [0.717, 1.165) is 29.9 Å². The second-order valence-corrected chi connectivity index (χ2v) is 5.44. The first kappa shape index (κ1) is 13.5. The van der Waals surface area contributed by atoms with Crippen LogP contribution in [0.2, 0.25) is 0 Å². The Morgan fingerprint density at radius 2 is 2.25 bits per heavy atom. The third-order valence-electron chi connectivity index (χ3n) is 2.20. The van der Waals surface area contributed by atoms with Gasteiger partial charge in [-0.25, -0.2) is 0 Å². The Morgan fingerprint density at radius 1 is 1.44 bits per heavy atom. The minimum atomic E-state index is 0.744. The van der Waals surface area contributed by atoms with Crippen molar-refractivity contribution in [3.05, 3.63) is 6.33 Å². The molecule has 16 heavy (non-hydrogen) atoms. The molecule has 0 aromatic carbocycles. The normalized spacial score (nSPS) is 11.2. The molecule has 1 aromatic rings. The number of unbranched alkanes of at least 4 members (excludes halogenated alkanes) is 1. The van der Waals surface area contributed by atoms with Gasteiger partial charge in [-0.15, -0.1) is 10.2 Å². The van der Waals surface area contributed by atoms with Crippen LogP contribution in [0.25, 0.3) is 0 Å². The van der Waals surface area contributed by atoms with Crippen molar-refractivity contribution in [2.75, 3.05) is 18.8 Å². The van der Waals surface area contributed by atoms with Crippen molar-refractivity contribution in [3.63, 3.8) is 0 Å². The van der Waals surface area contributed by atoms with E-state index in [0.29, 0.717) is 0 Å². The van der Waals surface area contributed by atoms with E-state index in [-0.39, 0.29) is 0 Å². The zero-order valence-electron chi connectivity index (χ0n) is 10.4. The van der Waals surface area contributed by atoms with E-state index < -0.39 is 0 Å². The number of nitrogens with one attached hydrogen (secondary N) is 1. The standard InChI is InChI=1S/C11H22N4S/c1-10(2)8-12-6-4-5-7-16-11-14-13-9-15(11)3/h9-10,12H,4-8H2,1-3H3. The molecule has 4 nitrogen and oxygen atoms in total. The molecule has 0 spiro atoms. The Morgan fingerprint density at radius 3 is 2.88 bits per heavy atom. The molecule has 0 fully saturated rings. The number of nitrogens with zero attached hydrogens (tertiary/aromatic N) is 3. The summed E-state index contributed by atoms with van der Waals surface area (Å²) in [7, 11) is 1.98. The SMILES string of the molecule is CC(C)CNCCCCSc1nncn1C. The van der Waals surface area contributed by atoms with Gasteiger partial charge in [0.15, 0.2) is 5.16 Å². The second kappa shape index (κ2) is 7.68. The van der Waals surface area contributed by atoms with Gasteiger partial charge in [0.25, 0.3) is 0 Å². The number of hydrogen-bond acceptors (Lipinski definition) is 4. The van der Waals surface area contributed by atoms with E-state index in [9.17, 15) is 0 Å². The van der Waals surface area contributed by atoms with Gasteiger partial charge < -0.3 is 9.88 Å². The highest BCUT2D eigenvalue weighted by Gasteiger charge is 2.00. The summed E-state index contributed by atoms with van der Waals surface area (Å²) in [6, 6.07) is 0. The first-order valence-corrected chi connectivity index (χ1v) is 6.86. The van der Waals surface area contributed by atoms with Crippen molar-refractivity contribution in [1.29, 1.82) is 0 Å². The zero-order valence-corrected chi connectivity index (χ0v) is 11.3. The van der Waals surface area contributed by atoms with Crippen LogP contribution < -0.4 is 5.32 Å². The van der Waals surface area contributed by atoms with Gasteiger partial charge in [-0.05, 0) is 31.8 Å². The van der Waals surface area contributed by atoms with Gasteiger partial charge in [0.05, 0.1) is 0 Å². The van der Waals surface area contributed by atoms with Crippen molar-refractivity contribution in [2.24, 2.45) is 13.0 Å². The molecule has 1 aromatic heterocycles. The number of rotatable bonds is 8. The smallest absolute Gasteiger partial charge is 0.190 e. The molecule has 0 saturated heterocycles. The summed E-state index contributed by atoms with van der Waals surface area (Å²) in [6.45, 7) is 6.71. The number of aromatic nitrogens is 3. The molecule has 0 atom stereocenters. The molecule has 1 N–H and O–H groups in total. The number of hydrogen-bond donors (Lipinski definition) is 1. The Kier molecular flexibility index (Phi) is 6.49. The van der Waals surface area contributed by atoms with E-state index in [1.54, 1.807) is 18.1 Å². The summed E-state index contributed by atoms with van der Waals surface area (Å²) in [6.07, 6.45) is 4.20. The van der Waals surface area contributed by atoms with Gasteiger partial charge in [-0.3, -0.25) is 0 Å². The van der Waals surface area contributed by atoms with E-state index in [1.807, 2.05) is 11.6 Å². The van der Waals surface area contributed by atoms with E-state index in [4.69, 9.17) is 0 Å². The number of aryl methyl sites for hydroxylation is 1. The van der Waals surface area contributed by atoms with Crippen LogP contribution in [0.4, 0.5) is 0 Å². The molecule has 0 bridgehead atoms. The lowest BCUT2D eigenvalue weighted by Crippen LogP contribution is -2.20. The maximum absolute atomic E-state index is 4.03. The van der Waals surface area contributed by atoms with Gasteiger partial charge in [0.2, 0.25) is 0 Å². The zero-order chi connectivity index (χ0) is 11.8. The Balaban J connectivity index is 1.94. The van der Waals surface area contributed by atoms with E-state index >= 15 is 0 Å². The summed E-state index contributed by atoms with van der Waals surface area (Å²) >= 11 is 1.78. The summed E-state index contributed by atoms with van der Waals surface area (Å²) in [4.78, 5) is 0. The van der Waals surface area contributed by atoms with Gasteiger partial charge in [-0.1, -0.05) is 25.6 Å². The predicted molar refractivity (Wildman–Crippen MR) is 68.7 cm³/mol. The van der Waals surface area contributed by atoms with Crippen molar-refractivity contribution in [3.8, 4) is 0 Å². The molecule has 0 aliphatic rings. The Labute approximate surface area is 102 Å². The molecule has 92 valence electrons. The highest BCUT2D eigenvalue weighted by Crippen LogP contribution is 2.14. The Bertz CT molecular complexity index is 285. The molecule has 0 radical (unpaired) electrons. The molecule has 0 amide bonds. The fourth-order valence-corrected chi connectivity index (χ4v) is 2.20. The largest absolute Gasteiger partial charge is 0.316 e. The van der Waals surface area contributed by atoms with Crippen LogP contribution in [0.1, 0.15) is 26.7 Å². The topological polar surface area (TPSA) is 42.7 Å². The van der Waals surface area contributed by atoms with Crippen LogP contribution in [0.3, 0.4) is 0 Å². The maximum atomic E-state index is 4.03. The molecule has 0 saturated carbocycles. The molecule has 1 heterocycles. The van der Waals surface area contributed by atoms with Crippen molar-refractivity contribution in [1.82, 2.24) is 20.1 Å². The lowest BCUT2D eigenvalue weighted by atomic mass is 10.2. The quantitative estimate of drug-likeness (QED) is 0.559. The summed E-state index contributed by atoms with van der Waals surface area (Å²) in [5.41, 5.74) is 0. The number of thioether (sulfide) groups is 1. The van der Waals surface area contributed by atoms with Gasteiger partial charge in [0.1, 0.15) is 6.33 Å². The average molecular weight is 242 g/mol. The summed E-state index contributed by atoms with van der Waals surface area (Å²) in [5, 5.41) is 12.3. The van der Waals surface area contributed by atoms with Crippen molar-refractivity contribution in [2.45, 2.75) is 31.8 Å². The molecule has 0 aliphatic heterocycles. The highest BCUT2D eigenvalue weighted by atomic mass is 32.2. The van der Waals surface area contributed by atoms with Crippen LogP contribution in [0.15, 0.2) is 11.5 Å². The molecule has 5 heteroatoms. The average Bonchev–Trinajstić information content (AvgIpc) is 2.62. The fraction of sp³-hybridized carbons (Fsp3) is 0.818.